The molecule has 0 amide bonds. The molecule has 1 atom stereocenters. The van der Waals surface area contributed by atoms with Gasteiger partial charge in [0.1, 0.15) is 5.41 Å². The lowest BCUT2D eigenvalue weighted by Crippen LogP contribution is -2.30. The molecule has 0 bridgehead atoms. The van der Waals surface area contributed by atoms with Crippen LogP contribution in [-0.4, -0.2) is 17.0 Å². The molecule has 0 saturated heterocycles. The van der Waals surface area contributed by atoms with Crippen molar-refractivity contribution in [3.8, 4) is 0 Å². The number of hydrogen-bond acceptors (Lipinski definition) is 1. The van der Waals surface area contributed by atoms with E-state index in [0.717, 1.165) is 0 Å². The predicted molar refractivity (Wildman–Crippen MR) is 43.7 cm³/mol. The van der Waals surface area contributed by atoms with Crippen molar-refractivity contribution < 1.29 is 18.7 Å². The minimum absolute atomic E-state index is 0.403. The van der Waals surface area contributed by atoms with Crippen molar-refractivity contribution in [1.82, 2.24) is 0 Å². The number of aliphatic carboxylic acids is 1. The Morgan fingerprint density at radius 1 is 1.46 bits per heavy atom. The number of halogens is 2. The maximum Gasteiger partial charge on any atom is 0.316 e. The molecule has 0 heterocycles. The lowest BCUT2D eigenvalue weighted by atomic mass is 9.84. The van der Waals surface area contributed by atoms with Crippen molar-refractivity contribution in [2.24, 2.45) is 11.3 Å². The standard InChI is InChI=1S/C9H14F2O2/c1-3-6(4-2)8(7(12)13)5-9(8,10)11/h6H,3-5H2,1-2H3,(H,12,13). The predicted octanol–water partition coefficient (Wildman–Crippen LogP) is 2.53. The van der Waals surface area contributed by atoms with E-state index in [-0.39, 0.29) is 0 Å². The van der Waals surface area contributed by atoms with E-state index in [2.05, 4.69) is 0 Å². The number of alkyl halides is 2. The smallest absolute Gasteiger partial charge is 0.316 e. The van der Waals surface area contributed by atoms with Crippen molar-refractivity contribution in [2.45, 2.75) is 39.0 Å². The third-order valence-corrected chi connectivity index (χ3v) is 3.09. The molecule has 0 spiro atoms. The van der Waals surface area contributed by atoms with Crippen molar-refractivity contribution >= 4 is 5.97 Å². The summed E-state index contributed by atoms with van der Waals surface area (Å²) < 4.78 is 25.9. The van der Waals surface area contributed by atoms with Crippen LogP contribution in [0.1, 0.15) is 33.1 Å². The van der Waals surface area contributed by atoms with E-state index in [9.17, 15) is 13.6 Å². The summed E-state index contributed by atoms with van der Waals surface area (Å²) in [7, 11) is 0. The largest absolute Gasteiger partial charge is 0.481 e. The van der Waals surface area contributed by atoms with Crippen molar-refractivity contribution in [3.05, 3.63) is 0 Å². The molecule has 1 saturated carbocycles. The normalized spacial score (nSPS) is 30.5. The Balaban J connectivity index is 2.89. The number of carboxylic acids is 1. The van der Waals surface area contributed by atoms with Crippen LogP contribution < -0.4 is 0 Å². The van der Waals surface area contributed by atoms with Crippen LogP contribution in [0.15, 0.2) is 0 Å². The van der Waals surface area contributed by atoms with Gasteiger partial charge in [-0.05, 0) is 5.92 Å². The summed E-state index contributed by atoms with van der Waals surface area (Å²) in [5.41, 5.74) is -1.75. The first kappa shape index (κ1) is 10.4. The Labute approximate surface area is 75.9 Å². The summed E-state index contributed by atoms with van der Waals surface area (Å²) in [6, 6.07) is 0. The van der Waals surface area contributed by atoms with Crippen LogP contribution in [0.25, 0.3) is 0 Å². The van der Waals surface area contributed by atoms with Crippen LogP contribution in [-0.2, 0) is 4.79 Å². The second-order valence-corrected chi connectivity index (χ2v) is 3.67. The highest BCUT2D eigenvalue weighted by Gasteiger charge is 2.78. The average Bonchev–Trinajstić information content (AvgIpc) is 2.58. The van der Waals surface area contributed by atoms with Crippen LogP contribution >= 0.6 is 0 Å². The first-order valence-corrected chi connectivity index (χ1v) is 4.53. The second kappa shape index (κ2) is 2.93. The lowest BCUT2D eigenvalue weighted by molar-refractivity contribution is -0.151. The van der Waals surface area contributed by atoms with Gasteiger partial charge in [0.05, 0.1) is 0 Å². The molecule has 2 nitrogen and oxygen atoms in total. The van der Waals surface area contributed by atoms with Gasteiger partial charge in [-0.1, -0.05) is 26.7 Å². The number of carbonyl (C=O) groups is 1. The highest BCUT2D eigenvalue weighted by molar-refractivity contribution is 5.80. The Kier molecular flexibility index (Phi) is 2.34. The maximum atomic E-state index is 12.9. The van der Waals surface area contributed by atoms with Crippen LogP contribution in [0.2, 0.25) is 0 Å². The van der Waals surface area contributed by atoms with Crippen LogP contribution in [0.3, 0.4) is 0 Å². The third-order valence-electron chi connectivity index (χ3n) is 3.09. The zero-order chi connectivity index (χ0) is 10.3. The Hall–Kier alpha value is -0.670. The molecule has 1 aliphatic carbocycles. The minimum atomic E-state index is -2.99. The fraction of sp³-hybridized carbons (Fsp3) is 0.889. The van der Waals surface area contributed by atoms with Crippen LogP contribution in [0.4, 0.5) is 8.78 Å². The van der Waals surface area contributed by atoms with Gasteiger partial charge in [0.25, 0.3) is 5.92 Å². The van der Waals surface area contributed by atoms with Gasteiger partial charge in [-0.15, -0.1) is 0 Å². The summed E-state index contributed by atoms with van der Waals surface area (Å²) >= 11 is 0. The molecule has 0 aliphatic heterocycles. The van der Waals surface area contributed by atoms with Gasteiger partial charge in [-0.25, -0.2) is 8.78 Å². The van der Waals surface area contributed by atoms with Gasteiger partial charge in [-0.2, -0.15) is 0 Å². The molecule has 76 valence electrons. The van der Waals surface area contributed by atoms with E-state index in [4.69, 9.17) is 5.11 Å². The number of rotatable bonds is 4. The molecular formula is C9H14F2O2. The lowest BCUT2D eigenvalue weighted by Gasteiger charge is -2.20. The van der Waals surface area contributed by atoms with E-state index >= 15 is 0 Å². The molecule has 4 heteroatoms. The highest BCUT2D eigenvalue weighted by atomic mass is 19.3. The molecule has 0 aromatic carbocycles. The summed E-state index contributed by atoms with van der Waals surface area (Å²) in [5, 5.41) is 8.79. The van der Waals surface area contributed by atoms with E-state index in [1.807, 2.05) is 0 Å². The fourth-order valence-electron chi connectivity index (χ4n) is 2.14. The molecule has 0 aromatic heterocycles. The molecule has 1 unspecified atom stereocenters. The summed E-state index contributed by atoms with van der Waals surface area (Å²) in [4.78, 5) is 10.8. The van der Waals surface area contributed by atoms with Gasteiger partial charge in [0, 0.05) is 6.42 Å². The fourth-order valence-corrected chi connectivity index (χ4v) is 2.14. The molecule has 13 heavy (non-hydrogen) atoms. The quantitative estimate of drug-likeness (QED) is 0.743. The van der Waals surface area contributed by atoms with Crippen molar-refractivity contribution in [1.29, 1.82) is 0 Å². The molecule has 0 aromatic rings. The van der Waals surface area contributed by atoms with Gasteiger partial charge in [-0.3, -0.25) is 4.79 Å². The first-order valence-electron chi connectivity index (χ1n) is 4.53. The average molecular weight is 192 g/mol. The van der Waals surface area contributed by atoms with Gasteiger partial charge in [0.2, 0.25) is 0 Å². The van der Waals surface area contributed by atoms with Crippen molar-refractivity contribution in [2.75, 3.05) is 0 Å². The minimum Gasteiger partial charge on any atom is -0.481 e. The summed E-state index contributed by atoms with van der Waals surface area (Å²) in [6.07, 6.45) is 0.512. The summed E-state index contributed by atoms with van der Waals surface area (Å²) in [6.45, 7) is 3.51. The van der Waals surface area contributed by atoms with Gasteiger partial charge >= 0.3 is 5.97 Å². The number of hydrogen-bond donors (Lipinski definition) is 1. The molecule has 1 N–H and O–H groups in total. The Morgan fingerprint density at radius 3 is 1.92 bits per heavy atom. The topological polar surface area (TPSA) is 37.3 Å². The van der Waals surface area contributed by atoms with E-state index < -0.39 is 29.6 Å². The molecule has 1 aliphatic rings. The van der Waals surface area contributed by atoms with Crippen LogP contribution in [0.5, 0.6) is 0 Å². The van der Waals surface area contributed by atoms with E-state index in [0.29, 0.717) is 12.8 Å². The van der Waals surface area contributed by atoms with E-state index in [1.165, 1.54) is 0 Å². The third kappa shape index (κ3) is 1.23. The molecule has 0 radical (unpaired) electrons. The van der Waals surface area contributed by atoms with Crippen LogP contribution in [0, 0.1) is 11.3 Å². The zero-order valence-corrected chi connectivity index (χ0v) is 7.81. The SMILES string of the molecule is CCC(CC)C1(C(=O)O)CC1(F)F. The number of carboxylic acid groups (broad SMARTS) is 1. The van der Waals surface area contributed by atoms with E-state index in [1.54, 1.807) is 13.8 Å². The summed E-state index contributed by atoms with van der Waals surface area (Å²) in [5.74, 6) is -4.73. The van der Waals surface area contributed by atoms with Crippen molar-refractivity contribution in [3.63, 3.8) is 0 Å². The van der Waals surface area contributed by atoms with Gasteiger partial charge < -0.3 is 5.11 Å². The Morgan fingerprint density at radius 2 is 1.85 bits per heavy atom. The van der Waals surface area contributed by atoms with Gasteiger partial charge in [0.15, 0.2) is 0 Å². The monoisotopic (exact) mass is 192 g/mol. The highest BCUT2D eigenvalue weighted by Crippen LogP contribution is 2.66. The second-order valence-electron chi connectivity index (χ2n) is 3.67. The molecular weight excluding hydrogens is 178 g/mol. The Bertz CT molecular complexity index is 224. The maximum absolute atomic E-state index is 12.9. The molecule has 1 fully saturated rings. The first-order chi connectivity index (χ1) is 5.92. The zero-order valence-electron chi connectivity index (χ0n) is 7.81. The molecule has 1 rings (SSSR count).